The lowest BCUT2D eigenvalue weighted by Crippen LogP contribution is -2.13. The second kappa shape index (κ2) is 4.47. The number of rotatable bonds is 2. The van der Waals surface area contributed by atoms with Crippen LogP contribution >= 0.6 is 11.6 Å². The van der Waals surface area contributed by atoms with Crippen LogP contribution in [0.25, 0.3) is 11.1 Å². The zero-order valence-corrected chi connectivity index (χ0v) is 9.75. The number of H-pyrrole nitrogens is 1. The molecule has 0 bridgehead atoms. The molecule has 3 N–H and O–H groups in total. The Morgan fingerprint density at radius 2 is 2.24 bits per heavy atom. The molecule has 1 aromatic carbocycles. The minimum atomic E-state index is -0.427. The number of aromatic nitrogens is 2. The summed E-state index contributed by atoms with van der Waals surface area (Å²) in [7, 11) is 1.59. The van der Waals surface area contributed by atoms with E-state index in [4.69, 9.17) is 11.6 Å². The summed E-state index contributed by atoms with van der Waals surface area (Å²) in [5.41, 5.74) is 0.196. The SMILES string of the molecule is CNc1nc(O)c(-c2cccc(Cl)c2)c(=O)[nH]1. The van der Waals surface area contributed by atoms with Gasteiger partial charge in [0.2, 0.25) is 11.8 Å². The number of nitrogens with one attached hydrogen (secondary N) is 2. The average Bonchev–Trinajstić information content (AvgIpc) is 2.28. The summed E-state index contributed by atoms with van der Waals surface area (Å²) < 4.78 is 0. The molecule has 0 unspecified atom stereocenters. The van der Waals surface area contributed by atoms with E-state index in [-0.39, 0.29) is 17.4 Å². The van der Waals surface area contributed by atoms with Crippen LogP contribution in [-0.2, 0) is 0 Å². The number of benzene rings is 1. The van der Waals surface area contributed by atoms with Gasteiger partial charge in [0.15, 0.2) is 0 Å². The first kappa shape index (κ1) is 11.5. The Kier molecular flexibility index (Phi) is 3.01. The van der Waals surface area contributed by atoms with Crippen molar-refractivity contribution in [3.8, 4) is 17.0 Å². The molecule has 6 heteroatoms. The van der Waals surface area contributed by atoms with Gasteiger partial charge in [-0.3, -0.25) is 9.78 Å². The molecule has 2 rings (SSSR count). The highest BCUT2D eigenvalue weighted by Crippen LogP contribution is 2.25. The maximum atomic E-state index is 11.8. The molecular weight excluding hydrogens is 242 g/mol. The van der Waals surface area contributed by atoms with Crippen LogP contribution in [0.15, 0.2) is 29.1 Å². The van der Waals surface area contributed by atoms with Crippen LogP contribution in [-0.4, -0.2) is 22.1 Å². The first-order chi connectivity index (χ1) is 8.11. The van der Waals surface area contributed by atoms with Crippen LogP contribution in [0.2, 0.25) is 5.02 Å². The van der Waals surface area contributed by atoms with Crippen molar-refractivity contribution >= 4 is 17.5 Å². The minimum Gasteiger partial charge on any atom is -0.493 e. The third-order valence-corrected chi connectivity index (χ3v) is 2.49. The van der Waals surface area contributed by atoms with Crippen molar-refractivity contribution in [1.29, 1.82) is 0 Å². The molecular formula is C11H10ClN3O2. The van der Waals surface area contributed by atoms with Crippen molar-refractivity contribution in [2.75, 3.05) is 12.4 Å². The molecule has 0 aliphatic carbocycles. The van der Waals surface area contributed by atoms with Crippen LogP contribution in [0, 0.1) is 0 Å². The Bertz CT molecular complexity index is 610. The molecule has 0 aliphatic rings. The summed E-state index contributed by atoms with van der Waals surface area (Å²) >= 11 is 5.83. The minimum absolute atomic E-state index is 0.103. The van der Waals surface area contributed by atoms with Crippen LogP contribution in [0.5, 0.6) is 5.88 Å². The molecule has 88 valence electrons. The summed E-state index contributed by atoms with van der Waals surface area (Å²) in [4.78, 5) is 18.1. The highest BCUT2D eigenvalue weighted by molar-refractivity contribution is 6.30. The van der Waals surface area contributed by atoms with Crippen molar-refractivity contribution in [3.05, 3.63) is 39.6 Å². The number of aromatic hydroxyl groups is 1. The van der Waals surface area contributed by atoms with E-state index in [2.05, 4.69) is 15.3 Å². The first-order valence-electron chi connectivity index (χ1n) is 4.89. The summed E-state index contributed by atoms with van der Waals surface area (Å²) in [6, 6.07) is 6.65. The monoisotopic (exact) mass is 251 g/mol. The Hall–Kier alpha value is -2.01. The molecule has 0 fully saturated rings. The van der Waals surface area contributed by atoms with Gasteiger partial charge in [-0.15, -0.1) is 0 Å². The third kappa shape index (κ3) is 2.24. The lowest BCUT2D eigenvalue weighted by molar-refractivity contribution is 0.454. The summed E-state index contributed by atoms with van der Waals surface area (Å²) in [5.74, 6) is -0.126. The predicted octanol–water partition coefficient (Wildman–Crippen LogP) is 1.84. The van der Waals surface area contributed by atoms with E-state index in [1.807, 2.05) is 0 Å². The molecule has 0 spiro atoms. The van der Waals surface area contributed by atoms with E-state index in [0.29, 0.717) is 10.6 Å². The third-order valence-electron chi connectivity index (χ3n) is 2.25. The summed E-state index contributed by atoms with van der Waals surface area (Å²) in [5, 5.41) is 12.9. The number of halogens is 1. The second-order valence-corrected chi connectivity index (χ2v) is 3.81. The zero-order chi connectivity index (χ0) is 12.4. The molecule has 1 heterocycles. The van der Waals surface area contributed by atoms with Gasteiger partial charge in [-0.25, -0.2) is 0 Å². The molecule has 1 aromatic heterocycles. The maximum Gasteiger partial charge on any atom is 0.264 e. The van der Waals surface area contributed by atoms with Crippen LogP contribution in [0.1, 0.15) is 0 Å². The van der Waals surface area contributed by atoms with Crippen molar-refractivity contribution in [1.82, 2.24) is 9.97 Å². The van der Waals surface area contributed by atoms with Gasteiger partial charge < -0.3 is 10.4 Å². The fraction of sp³-hybridized carbons (Fsp3) is 0.0909. The quantitative estimate of drug-likeness (QED) is 0.761. The molecule has 0 amide bonds. The van der Waals surface area contributed by atoms with Crippen LogP contribution < -0.4 is 10.9 Å². The molecule has 0 atom stereocenters. The largest absolute Gasteiger partial charge is 0.493 e. The summed E-state index contributed by atoms with van der Waals surface area (Å²) in [6.45, 7) is 0. The van der Waals surface area contributed by atoms with E-state index in [1.165, 1.54) is 0 Å². The molecule has 2 aromatic rings. The lowest BCUT2D eigenvalue weighted by Gasteiger charge is -2.05. The Morgan fingerprint density at radius 1 is 1.47 bits per heavy atom. The normalized spacial score (nSPS) is 10.2. The Labute approximate surface area is 102 Å². The number of nitrogens with zero attached hydrogens (tertiary/aromatic N) is 1. The van der Waals surface area contributed by atoms with Crippen LogP contribution in [0.3, 0.4) is 0 Å². The van der Waals surface area contributed by atoms with Crippen molar-refractivity contribution in [2.24, 2.45) is 0 Å². The molecule has 0 saturated carbocycles. The van der Waals surface area contributed by atoms with Gasteiger partial charge in [-0.1, -0.05) is 23.7 Å². The van der Waals surface area contributed by atoms with Crippen molar-refractivity contribution < 1.29 is 5.11 Å². The molecule has 0 saturated heterocycles. The molecule has 0 radical (unpaired) electrons. The van der Waals surface area contributed by atoms with Gasteiger partial charge in [-0.05, 0) is 17.7 Å². The number of hydrogen-bond donors (Lipinski definition) is 3. The van der Waals surface area contributed by atoms with E-state index < -0.39 is 5.56 Å². The highest BCUT2D eigenvalue weighted by Gasteiger charge is 2.12. The van der Waals surface area contributed by atoms with Gasteiger partial charge in [0.25, 0.3) is 5.56 Å². The highest BCUT2D eigenvalue weighted by atomic mass is 35.5. The molecule has 17 heavy (non-hydrogen) atoms. The maximum absolute atomic E-state index is 11.8. The standard InChI is InChI=1S/C11H10ClN3O2/c1-13-11-14-9(16)8(10(17)15-11)6-3-2-4-7(12)5-6/h2-5H,1H3,(H3,13,14,15,16,17). The fourth-order valence-corrected chi connectivity index (χ4v) is 1.67. The second-order valence-electron chi connectivity index (χ2n) is 3.37. The fourth-order valence-electron chi connectivity index (χ4n) is 1.48. The molecule has 5 nitrogen and oxygen atoms in total. The average molecular weight is 252 g/mol. The van der Waals surface area contributed by atoms with E-state index in [0.717, 1.165) is 0 Å². The van der Waals surface area contributed by atoms with Gasteiger partial charge in [0.1, 0.15) is 5.56 Å². The van der Waals surface area contributed by atoms with E-state index >= 15 is 0 Å². The molecule has 0 aliphatic heterocycles. The lowest BCUT2D eigenvalue weighted by atomic mass is 10.1. The smallest absolute Gasteiger partial charge is 0.264 e. The number of hydrogen-bond acceptors (Lipinski definition) is 4. The number of aromatic amines is 1. The van der Waals surface area contributed by atoms with E-state index in [9.17, 15) is 9.90 Å². The Morgan fingerprint density at radius 3 is 2.82 bits per heavy atom. The van der Waals surface area contributed by atoms with Crippen molar-refractivity contribution in [3.63, 3.8) is 0 Å². The van der Waals surface area contributed by atoms with Crippen LogP contribution in [0.4, 0.5) is 5.95 Å². The predicted molar refractivity (Wildman–Crippen MR) is 66.5 cm³/mol. The van der Waals surface area contributed by atoms with E-state index in [1.54, 1.807) is 31.3 Å². The Balaban J connectivity index is 2.64. The van der Waals surface area contributed by atoms with Gasteiger partial charge in [-0.2, -0.15) is 4.98 Å². The topological polar surface area (TPSA) is 78.0 Å². The van der Waals surface area contributed by atoms with Gasteiger partial charge in [0, 0.05) is 12.1 Å². The summed E-state index contributed by atoms with van der Waals surface area (Å²) in [6.07, 6.45) is 0. The van der Waals surface area contributed by atoms with Gasteiger partial charge >= 0.3 is 0 Å². The zero-order valence-electron chi connectivity index (χ0n) is 8.99. The number of anilines is 1. The first-order valence-corrected chi connectivity index (χ1v) is 5.26. The van der Waals surface area contributed by atoms with Gasteiger partial charge in [0.05, 0.1) is 0 Å². The van der Waals surface area contributed by atoms with Crippen molar-refractivity contribution in [2.45, 2.75) is 0 Å².